The van der Waals surface area contributed by atoms with Gasteiger partial charge in [0.25, 0.3) is 0 Å². The van der Waals surface area contributed by atoms with Crippen LogP contribution in [0.3, 0.4) is 0 Å². The fourth-order valence-corrected chi connectivity index (χ4v) is 1.54. The van der Waals surface area contributed by atoms with Crippen LogP contribution in [0.1, 0.15) is 5.56 Å². The average molecular weight is 245 g/mol. The summed E-state index contributed by atoms with van der Waals surface area (Å²) in [6, 6.07) is 9.41. The van der Waals surface area contributed by atoms with E-state index < -0.39 is 0 Å². The fraction of sp³-hybridized carbons (Fsp3) is 0.0833. The SMILES string of the molecule is CN(c1ncc(Cl)cn1)c1ccccc1C#N. The first-order valence-electron chi connectivity index (χ1n) is 4.93. The lowest BCUT2D eigenvalue weighted by atomic mass is 10.2. The Labute approximate surface area is 104 Å². The average Bonchev–Trinajstić information content (AvgIpc) is 2.39. The predicted molar refractivity (Wildman–Crippen MR) is 66.3 cm³/mol. The maximum Gasteiger partial charge on any atom is 0.229 e. The van der Waals surface area contributed by atoms with E-state index in [-0.39, 0.29) is 0 Å². The molecule has 0 bridgehead atoms. The van der Waals surface area contributed by atoms with Crippen molar-refractivity contribution in [1.29, 1.82) is 5.26 Å². The number of nitrogens with zero attached hydrogens (tertiary/aromatic N) is 4. The molecule has 17 heavy (non-hydrogen) atoms. The maximum absolute atomic E-state index is 9.02. The van der Waals surface area contributed by atoms with Gasteiger partial charge in [-0.05, 0) is 12.1 Å². The van der Waals surface area contributed by atoms with Gasteiger partial charge in [0.15, 0.2) is 0 Å². The Hall–Kier alpha value is -2.12. The molecule has 0 N–H and O–H groups in total. The summed E-state index contributed by atoms with van der Waals surface area (Å²) in [7, 11) is 1.80. The molecule has 1 aromatic carbocycles. The molecule has 0 saturated carbocycles. The van der Waals surface area contributed by atoms with E-state index >= 15 is 0 Å². The van der Waals surface area contributed by atoms with E-state index in [1.165, 1.54) is 12.4 Å². The zero-order chi connectivity index (χ0) is 12.3. The molecule has 0 radical (unpaired) electrons. The Kier molecular flexibility index (Phi) is 3.22. The van der Waals surface area contributed by atoms with Crippen molar-refractivity contribution in [1.82, 2.24) is 9.97 Å². The third-order valence-corrected chi connectivity index (χ3v) is 2.49. The smallest absolute Gasteiger partial charge is 0.229 e. The lowest BCUT2D eigenvalue weighted by Crippen LogP contribution is -2.13. The van der Waals surface area contributed by atoms with Gasteiger partial charge in [0.1, 0.15) is 6.07 Å². The molecule has 2 rings (SSSR count). The van der Waals surface area contributed by atoms with Crippen LogP contribution in [0.25, 0.3) is 0 Å². The highest BCUT2D eigenvalue weighted by Gasteiger charge is 2.10. The van der Waals surface area contributed by atoms with Gasteiger partial charge < -0.3 is 4.90 Å². The summed E-state index contributed by atoms with van der Waals surface area (Å²) in [4.78, 5) is 9.95. The maximum atomic E-state index is 9.02. The second-order valence-corrected chi connectivity index (χ2v) is 3.83. The third-order valence-electron chi connectivity index (χ3n) is 2.29. The van der Waals surface area contributed by atoms with Gasteiger partial charge in [0.2, 0.25) is 5.95 Å². The summed E-state index contributed by atoms with van der Waals surface area (Å²) in [5.74, 6) is 0.497. The molecule has 5 heteroatoms. The Bertz CT molecular complexity index is 559. The molecule has 0 aliphatic carbocycles. The molecule has 0 saturated heterocycles. The lowest BCUT2D eigenvalue weighted by molar-refractivity contribution is 1.04. The Morgan fingerprint density at radius 3 is 2.53 bits per heavy atom. The number of nitriles is 1. The van der Waals surface area contributed by atoms with Crippen molar-refractivity contribution >= 4 is 23.2 Å². The summed E-state index contributed by atoms with van der Waals surface area (Å²) in [5, 5.41) is 9.50. The normalized spacial score (nSPS) is 9.71. The van der Waals surface area contributed by atoms with E-state index in [0.717, 1.165) is 5.69 Å². The molecule has 1 aromatic heterocycles. The van der Waals surface area contributed by atoms with Crippen LogP contribution in [0.15, 0.2) is 36.7 Å². The van der Waals surface area contributed by atoms with Crippen molar-refractivity contribution in [3.63, 3.8) is 0 Å². The summed E-state index contributed by atoms with van der Waals surface area (Å²) < 4.78 is 0. The predicted octanol–water partition coefficient (Wildman–Crippen LogP) is 2.77. The molecule has 0 unspecified atom stereocenters. The number of hydrogen-bond acceptors (Lipinski definition) is 4. The van der Waals surface area contributed by atoms with Crippen molar-refractivity contribution in [3.05, 3.63) is 47.2 Å². The molecule has 0 amide bonds. The van der Waals surface area contributed by atoms with Gasteiger partial charge in [0, 0.05) is 7.05 Å². The van der Waals surface area contributed by atoms with Crippen LogP contribution in [0.5, 0.6) is 0 Å². The first-order valence-corrected chi connectivity index (χ1v) is 5.30. The molecule has 0 spiro atoms. The van der Waals surface area contributed by atoms with E-state index in [1.807, 2.05) is 18.2 Å². The van der Waals surface area contributed by atoms with Gasteiger partial charge in [-0.2, -0.15) is 5.26 Å². The number of halogens is 1. The number of aromatic nitrogens is 2. The largest absolute Gasteiger partial charge is 0.312 e. The number of benzene rings is 1. The van der Waals surface area contributed by atoms with Crippen LogP contribution in [0.4, 0.5) is 11.6 Å². The van der Waals surface area contributed by atoms with Crippen molar-refractivity contribution in [2.24, 2.45) is 0 Å². The standard InChI is InChI=1S/C12H9ClN4/c1-17(12-15-7-10(13)8-16-12)11-5-3-2-4-9(11)6-14/h2-5,7-8H,1H3. The van der Waals surface area contributed by atoms with Crippen molar-refractivity contribution in [3.8, 4) is 6.07 Å². The number of hydrogen-bond donors (Lipinski definition) is 0. The van der Waals surface area contributed by atoms with Crippen LogP contribution in [0.2, 0.25) is 5.02 Å². The van der Waals surface area contributed by atoms with E-state index in [4.69, 9.17) is 16.9 Å². The van der Waals surface area contributed by atoms with Crippen molar-refractivity contribution < 1.29 is 0 Å². The van der Waals surface area contributed by atoms with E-state index in [1.54, 1.807) is 18.0 Å². The number of rotatable bonds is 2. The zero-order valence-electron chi connectivity index (χ0n) is 9.13. The highest BCUT2D eigenvalue weighted by molar-refractivity contribution is 6.30. The van der Waals surface area contributed by atoms with Crippen LogP contribution >= 0.6 is 11.6 Å². The molecule has 0 atom stereocenters. The van der Waals surface area contributed by atoms with Crippen molar-refractivity contribution in [2.75, 3.05) is 11.9 Å². The number of para-hydroxylation sites is 1. The van der Waals surface area contributed by atoms with Crippen LogP contribution < -0.4 is 4.90 Å². The van der Waals surface area contributed by atoms with Gasteiger partial charge in [0.05, 0.1) is 28.7 Å². The van der Waals surface area contributed by atoms with Crippen LogP contribution in [-0.4, -0.2) is 17.0 Å². The van der Waals surface area contributed by atoms with Gasteiger partial charge in [-0.3, -0.25) is 0 Å². The van der Waals surface area contributed by atoms with Gasteiger partial charge in [-0.15, -0.1) is 0 Å². The highest BCUT2D eigenvalue weighted by atomic mass is 35.5. The minimum Gasteiger partial charge on any atom is -0.312 e. The van der Waals surface area contributed by atoms with Crippen molar-refractivity contribution in [2.45, 2.75) is 0 Å². The molecular formula is C12H9ClN4. The minimum absolute atomic E-state index is 0.482. The summed E-state index contributed by atoms with van der Waals surface area (Å²) in [6.07, 6.45) is 3.05. The van der Waals surface area contributed by atoms with E-state index in [2.05, 4.69) is 16.0 Å². The Balaban J connectivity index is 2.40. The zero-order valence-corrected chi connectivity index (χ0v) is 9.89. The lowest BCUT2D eigenvalue weighted by Gasteiger charge is -2.17. The molecule has 2 aromatic rings. The Morgan fingerprint density at radius 2 is 1.88 bits per heavy atom. The molecule has 1 heterocycles. The summed E-state index contributed by atoms with van der Waals surface area (Å²) in [5.41, 5.74) is 1.34. The highest BCUT2D eigenvalue weighted by Crippen LogP contribution is 2.23. The van der Waals surface area contributed by atoms with Crippen LogP contribution in [0, 0.1) is 11.3 Å². The molecule has 4 nitrogen and oxygen atoms in total. The molecular weight excluding hydrogens is 236 g/mol. The molecule has 0 fully saturated rings. The summed E-state index contributed by atoms with van der Waals surface area (Å²) >= 11 is 5.73. The number of anilines is 2. The monoisotopic (exact) mass is 244 g/mol. The van der Waals surface area contributed by atoms with Gasteiger partial charge >= 0.3 is 0 Å². The molecule has 0 aliphatic rings. The van der Waals surface area contributed by atoms with Gasteiger partial charge in [-0.1, -0.05) is 23.7 Å². The second-order valence-electron chi connectivity index (χ2n) is 3.39. The quantitative estimate of drug-likeness (QED) is 0.815. The van der Waals surface area contributed by atoms with E-state index in [0.29, 0.717) is 16.5 Å². The second kappa shape index (κ2) is 4.81. The topological polar surface area (TPSA) is 52.8 Å². The first-order chi connectivity index (χ1) is 8.22. The first kappa shape index (κ1) is 11.4. The third kappa shape index (κ3) is 2.35. The van der Waals surface area contributed by atoms with E-state index in [9.17, 15) is 0 Å². The molecule has 84 valence electrons. The van der Waals surface area contributed by atoms with Gasteiger partial charge in [-0.25, -0.2) is 9.97 Å². The summed E-state index contributed by atoms with van der Waals surface area (Å²) in [6.45, 7) is 0. The minimum atomic E-state index is 0.482. The van der Waals surface area contributed by atoms with Crippen LogP contribution in [-0.2, 0) is 0 Å². The Morgan fingerprint density at radius 1 is 1.24 bits per heavy atom. The fourth-order valence-electron chi connectivity index (χ4n) is 1.45. The molecule has 0 aliphatic heterocycles.